The number of amides is 2. The van der Waals surface area contributed by atoms with Crippen molar-refractivity contribution in [2.24, 2.45) is 0 Å². The Morgan fingerprint density at radius 3 is 2.50 bits per heavy atom. The van der Waals surface area contributed by atoms with Crippen LogP contribution < -0.4 is 0 Å². The van der Waals surface area contributed by atoms with E-state index in [0.29, 0.717) is 0 Å². The number of carbonyl (C=O) groups excluding carboxylic acids is 1. The Labute approximate surface area is 102 Å². The van der Waals surface area contributed by atoms with Crippen LogP contribution in [0.15, 0.2) is 17.5 Å². The van der Waals surface area contributed by atoms with Crippen LogP contribution >= 0.6 is 11.3 Å². The molecule has 0 saturated carbocycles. The summed E-state index contributed by atoms with van der Waals surface area (Å²) < 4.78 is 0. The number of hydrogen-bond acceptors (Lipinski definition) is 2. The van der Waals surface area contributed by atoms with E-state index in [1.807, 2.05) is 37.2 Å². The van der Waals surface area contributed by atoms with Gasteiger partial charge in [-0.3, -0.25) is 0 Å². The van der Waals surface area contributed by atoms with Crippen LogP contribution in [0.2, 0.25) is 0 Å². The Balaban J connectivity index is 2.70. The van der Waals surface area contributed by atoms with Gasteiger partial charge in [0.25, 0.3) is 0 Å². The van der Waals surface area contributed by atoms with Crippen molar-refractivity contribution in [2.75, 3.05) is 20.1 Å². The van der Waals surface area contributed by atoms with Gasteiger partial charge in [0.1, 0.15) is 0 Å². The van der Waals surface area contributed by atoms with Crippen molar-refractivity contribution in [1.29, 1.82) is 0 Å². The lowest BCUT2D eigenvalue weighted by atomic mass is 10.2. The Morgan fingerprint density at radius 2 is 2.06 bits per heavy atom. The van der Waals surface area contributed by atoms with Crippen molar-refractivity contribution in [2.45, 2.75) is 26.8 Å². The van der Waals surface area contributed by atoms with Crippen LogP contribution in [0, 0.1) is 0 Å². The molecule has 3 nitrogen and oxygen atoms in total. The van der Waals surface area contributed by atoms with E-state index >= 15 is 0 Å². The molecular weight excluding hydrogens is 220 g/mol. The zero-order valence-corrected chi connectivity index (χ0v) is 11.3. The van der Waals surface area contributed by atoms with Gasteiger partial charge in [-0.1, -0.05) is 6.07 Å². The Bertz CT molecular complexity index is 320. The van der Waals surface area contributed by atoms with Crippen molar-refractivity contribution in [1.82, 2.24) is 9.80 Å². The number of carbonyl (C=O) groups is 1. The third kappa shape index (κ3) is 2.76. The summed E-state index contributed by atoms with van der Waals surface area (Å²) in [6.07, 6.45) is 0. The second kappa shape index (κ2) is 5.89. The first-order valence-corrected chi connectivity index (χ1v) is 6.54. The fraction of sp³-hybridized carbons (Fsp3) is 0.583. The highest BCUT2D eigenvalue weighted by molar-refractivity contribution is 7.10. The zero-order chi connectivity index (χ0) is 12.1. The van der Waals surface area contributed by atoms with Crippen LogP contribution in [-0.2, 0) is 0 Å². The average molecular weight is 240 g/mol. The molecule has 0 radical (unpaired) electrons. The normalized spacial score (nSPS) is 12.2. The van der Waals surface area contributed by atoms with Gasteiger partial charge in [0, 0.05) is 25.0 Å². The maximum Gasteiger partial charge on any atom is 0.320 e. The van der Waals surface area contributed by atoms with Crippen LogP contribution in [0.5, 0.6) is 0 Å². The second-order valence-corrected chi connectivity index (χ2v) is 4.74. The van der Waals surface area contributed by atoms with E-state index in [4.69, 9.17) is 0 Å². The fourth-order valence-electron chi connectivity index (χ4n) is 1.60. The van der Waals surface area contributed by atoms with Gasteiger partial charge in [0.2, 0.25) is 0 Å². The van der Waals surface area contributed by atoms with Crippen LogP contribution in [0.25, 0.3) is 0 Å². The van der Waals surface area contributed by atoms with Gasteiger partial charge in [0.05, 0.1) is 6.04 Å². The minimum absolute atomic E-state index is 0.103. The molecule has 1 unspecified atom stereocenters. The molecule has 16 heavy (non-hydrogen) atoms. The molecule has 0 aromatic carbocycles. The maximum atomic E-state index is 12.1. The standard InChI is InChI=1S/C12H20N2OS/c1-5-14(6-2)12(15)13(4)10(3)11-8-7-9-16-11/h7-10H,5-6H2,1-4H3. The molecule has 0 bridgehead atoms. The quantitative estimate of drug-likeness (QED) is 0.792. The molecule has 0 saturated heterocycles. The van der Waals surface area contributed by atoms with Gasteiger partial charge >= 0.3 is 6.03 Å². The third-order valence-corrected chi connectivity index (χ3v) is 3.91. The summed E-state index contributed by atoms with van der Waals surface area (Å²) in [5, 5.41) is 2.04. The molecule has 0 spiro atoms. The van der Waals surface area contributed by atoms with Crippen molar-refractivity contribution in [3.63, 3.8) is 0 Å². The Morgan fingerprint density at radius 1 is 1.44 bits per heavy atom. The smallest absolute Gasteiger partial charge is 0.320 e. The van der Waals surface area contributed by atoms with E-state index in [0.717, 1.165) is 13.1 Å². The maximum absolute atomic E-state index is 12.1. The first-order chi connectivity index (χ1) is 7.61. The molecule has 0 fully saturated rings. The summed E-state index contributed by atoms with van der Waals surface area (Å²) in [7, 11) is 1.87. The predicted molar refractivity (Wildman–Crippen MR) is 68.8 cm³/mol. The van der Waals surface area contributed by atoms with Gasteiger partial charge in [-0.05, 0) is 32.2 Å². The lowest BCUT2D eigenvalue weighted by Crippen LogP contribution is -2.41. The highest BCUT2D eigenvalue weighted by atomic mass is 32.1. The highest BCUT2D eigenvalue weighted by Crippen LogP contribution is 2.24. The fourth-order valence-corrected chi connectivity index (χ4v) is 2.43. The summed E-state index contributed by atoms with van der Waals surface area (Å²) in [6.45, 7) is 7.59. The molecule has 0 aliphatic heterocycles. The second-order valence-electron chi connectivity index (χ2n) is 3.76. The van der Waals surface area contributed by atoms with E-state index in [-0.39, 0.29) is 12.1 Å². The average Bonchev–Trinajstić information content (AvgIpc) is 2.82. The predicted octanol–water partition coefficient (Wildman–Crippen LogP) is 3.20. The molecule has 0 aliphatic carbocycles. The molecule has 1 atom stereocenters. The van der Waals surface area contributed by atoms with E-state index in [2.05, 4.69) is 13.0 Å². The highest BCUT2D eigenvalue weighted by Gasteiger charge is 2.21. The number of urea groups is 1. The van der Waals surface area contributed by atoms with Crippen LogP contribution in [0.1, 0.15) is 31.7 Å². The summed E-state index contributed by atoms with van der Waals surface area (Å²) in [5.41, 5.74) is 0. The summed E-state index contributed by atoms with van der Waals surface area (Å²) in [5.74, 6) is 0. The zero-order valence-electron chi connectivity index (χ0n) is 10.4. The largest absolute Gasteiger partial charge is 0.325 e. The molecule has 90 valence electrons. The SMILES string of the molecule is CCN(CC)C(=O)N(C)C(C)c1cccs1. The summed E-state index contributed by atoms with van der Waals surface area (Å²) in [6, 6.07) is 4.34. The molecular formula is C12H20N2OS. The summed E-state index contributed by atoms with van der Waals surface area (Å²) in [4.78, 5) is 17.0. The van der Waals surface area contributed by atoms with E-state index in [9.17, 15) is 4.79 Å². The van der Waals surface area contributed by atoms with Gasteiger partial charge in [-0.2, -0.15) is 0 Å². The number of nitrogens with zero attached hydrogens (tertiary/aromatic N) is 2. The molecule has 1 heterocycles. The lowest BCUT2D eigenvalue weighted by molar-refractivity contribution is 0.155. The Hall–Kier alpha value is -1.03. The number of thiophene rings is 1. The lowest BCUT2D eigenvalue weighted by Gasteiger charge is -2.30. The molecule has 0 aliphatic rings. The molecule has 1 aromatic rings. The van der Waals surface area contributed by atoms with Gasteiger partial charge < -0.3 is 9.80 Å². The monoisotopic (exact) mass is 240 g/mol. The van der Waals surface area contributed by atoms with E-state index in [1.165, 1.54) is 4.88 Å². The van der Waals surface area contributed by atoms with Crippen molar-refractivity contribution >= 4 is 17.4 Å². The van der Waals surface area contributed by atoms with Crippen LogP contribution in [-0.4, -0.2) is 36.0 Å². The first-order valence-electron chi connectivity index (χ1n) is 5.66. The molecule has 2 amide bonds. The molecule has 4 heteroatoms. The third-order valence-electron chi connectivity index (χ3n) is 2.87. The van der Waals surface area contributed by atoms with E-state index in [1.54, 1.807) is 16.2 Å². The van der Waals surface area contributed by atoms with Crippen molar-refractivity contribution in [3.8, 4) is 0 Å². The van der Waals surface area contributed by atoms with Crippen molar-refractivity contribution in [3.05, 3.63) is 22.4 Å². The molecule has 1 rings (SSSR count). The van der Waals surface area contributed by atoms with Crippen LogP contribution in [0.3, 0.4) is 0 Å². The minimum Gasteiger partial charge on any atom is -0.325 e. The molecule has 1 aromatic heterocycles. The van der Waals surface area contributed by atoms with Gasteiger partial charge in [0.15, 0.2) is 0 Å². The first kappa shape index (κ1) is 13.0. The van der Waals surface area contributed by atoms with Gasteiger partial charge in [-0.25, -0.2) is 4.79 Å². The van der Waals surface area contributed by atoms with E-state index < -0.39 is 0 Å². The van der Waals surface area contributed by atoms with Crippen molar-refractivity contribution < 1.29 is 4.79 Å². The number of rotatable bonds is 4. The number of hydrogen-bond donors (Lipinski definition) is 0. The van der Waals surface area contributed by atoms with Crippen LogP contribution in [0.4, 0.5) is 4.79 Å². The Kier molecular flexibility index (Phi) is 4.80. The topological polar surface area (TPSA) is 23.6 Å². The minimum atomic E-state index is 0.103. The van der Waals surface area contributed by atoms with Gasteiger partial charge in [-0.15, -0.1) is 11.3 Å². The molecule has 0 N–H and O–H groups in total. The summed E-state index contributed by atoms with van der Waals surface area (Å²) >= 11 is 1.69.